The number of hydrogen-bond acceptors (Lipinski definition) is 2. The summed E-state index contributed by atoms with van der Waals surface area (Å²) in [5.74, 6) is 4.04. The highest BCUT2D eigenvalue weighted by atomic mass is 16.5. The second kappa shape index (κ2) is 4.56. The Morgan fingerprint density at radius 3 is 3.27 bits per heavy atom. The monoisotopic (exact) mass is 200 g/mol. The standard InChI is InChI=1S/C13H12O2/c1-2-8-14-12-7-6-11-5-3-4-9-15-13(11)10-12/h1,3,5-7,10H,4,8-9H2. The molecule has 0 radical (unpaired) electrons. The van der Waals surface area contributed by atoms with Crippen molar-refractivity contribution in [3.63, 3.8) is 0 Å². The molecule has 2 nitrogen and oxygen atoms in total. The van der Waals surface area contributed by atoms with Crippen molar-refractivity contribution >= 4 is 6.08 Å². The van der Waals surface area contributed by atoms with Crippen molar-refractivity contribution in [3.8, 4) is 23.8 Å². The molecule has 0 atom stereocenters. The highest BCUT2D eigenvalue weighted by Crippen LogP contribution is 2.27. The summed E-state index contributed by atoms with van der Waals surface area (Å²) in [4.78, 5) is 0. The van der Waals surface area contributed by atoms with E-state index in [1.165, 1.54) is 0 Å². The second-order valence-corrected chi connectivity index (χ2v) is 3.23. The maximum Gasteiger partial charge on any atom is 0.148 e. The average molecular weight is 200 g/mol. The van der Waals surface area contributed by atoms with Crippen LogP contribution >= 0.6 is 0 Å². The lowest BCUT2D eigenvalue weighted by atomic mass is 10.2. The molecule has 2 heteroatoms. The van der Waals surface area contributed by atoms with Crippen LogP contribution in [0.5, 0.6) is 11.5 Å². The Bertz CT molecular complexity index is 413. The molecule has 0 spiro atoms. The Kier molecular flexibility index (Phi) is 2.94. The summed E-state index contributed by atoms with van der Waals surface area (Å²) < 4.78 is 10.9. The molecule has 0 unspecified atom stereocenters. The molecule has 0 aromatic heterocycles. The van der Waals surface area contributed by atoms with Crippen molar-refractivity contribution in [2.24, 2.45) is 0 Å². The lowest BCUT2D eigenvalue weighted by Gasteiger charge is -2.08. The second-order valence-electron chi connectivity index (χ2n) is 3.23. The molecule has 0 aliphatic carbocycles. The summed E-state index contributed by atoms with van der Waals surface area (Å²) in [7, 11) is 0. The third-order valence-electron chi connectivity index (χ3n) is 2.15. The van der Waals surface area contributed by atoms with Gasteiger partial charge in [-0.15, -0.1) is 6.42 Å². The Morgan fingerprint density at radius 1 is 1.47 bits per heavy atom. The van der Waals surface area contributed by atoms with Crippen molar-refractivity contribution in [1.82, 2.24) is 0 Å². The number of terminal acetylenes is 1. The van der Waals surface area contributed by atoms with E-state index in [2.05, 4.69) is 18.1 Å². The molecule has 1 aliphatic heterocycles. The third-order valence-corrected chi connectivity index (χ3v) is 2.15. The van der Waals surface area contributed by atoms with E-state index in [1.807, 2.05) is 18.2 Å². The molecule has 0 bridgehead atoms. The third kappa shape index (κ3) is 2.32. The highest BCUT2D eigenvalue weighted by molar-refractivity contribution is 5.59. The van der Waals surface area contributed by atoms with E-state index >= 15 is 0 Å². The van der Waals surface area contributed by atoms with Crippen LogP contribution in [0.2, 0.25) is 0 Å². The first-order chi connectivity index (χ1) is 7.40. The van der Waals surface area contributed by atoms with Crippen LogP contribution in [0.3, 0.4) is 0 Å². The zero-order valence-electron chi connectivity index (χ0n) is 8.40. The van der Waals surface area contributed by atoms with Crippen molar-refractivity contribution in [1.29, 1.82) is 0 Å². The lowest BCUT2D eigenvalue weighted by Crippen LogP contribution is -1.97. The van der Waals surface area contributed by atoms with Gasteiger partial charge in [0.05, 0.1) is 6.61 Å². The van der Waals surface area contributed by atoms with Gasteiger partial charge in [0.1, 0.15) is 18.1 Å². The van der Waals surface area contributed by atoms with Gasteiger partial charge in [-0.25, -0.2) is 0 Å². The molecule has 1 aromatic carbocycles. The predicted molar refractivity (Wildman–Crippen MR) is 59.9 cm³/mol. The van der Waals surface area contributed by atoms with E-state index in [1.54, 1.807) is 0 Å². The van der Waals surface area contributed by atoms with Crippen LogP contribution in [0.4, 0.5) is 0 Å². The van der Waals surface area contributed by atoms with Gasteiger partial charge in [-0.05, 0) is 18.6 Å². The molecule has 15 heavy (non-hydrogen) atoms. The smallest absolute Gasteiger partial charge is 0.148 e. The molecule has 0 fully saturated rings. The minimum Gasteiger partial charge on any atom is -0.493 e. The van der Waals surface area contributed by atoms with Crippen molar-refractivity contribution in [2.75, 3.05) is 13.2 Å². The summed E-state index contributed by atoms with van der Waals surface area (Å²) in [6.07, 6.45) is 10.2. The molecule has 0 N–H and O–H groups in total. The molecule has 1 aliphatic rings. The summed E-state index contributed by atoms with van der Waals surface area (Å²) in [6, 6.07) is 5.75. The van der Waals surface area contributed by atoms with E-state index in [4.69, 9.17) is 15.9 Å². The van der Waals surface area contributed by atoms with Crippen LogP contribution < -0.4 is 9.47 Å². The van der Waals surface area contributed by atoms with Gasteiger partial charge >= 0.3 is 0 Å². The van der Waals surface area contributed by atoms with E-state index in [9.17, 15) is 0 Å². The molecule has 2 rings (SSSR count). The van der Waals surface area contributed by atoms with Gasteiger partial charge in [-0.2, -0.15) is 0 Å². The zero-order chi connectivity index (χ0) is 10.5. The summed E-state index contributed by atoms with van der Waals surface area (Å²) in [5, 5.41) is 0. The molecule has 0 amide bonds. The molecular formula is C13H12O2. The van der Waals surface area contributed by atoms with Crippen molar-refractivity contribution in [2.45, 2.75) is 6.42 Å². The van der Waals surface area contributed by atoms with Gasteiger partial charge in [0.25, 0.3) is 0 Å². The highest BCUT2D eigenvalue weighted by Gasteiger charge is 2.05. The first-order valence-electron chi connectivity index (χ1n) is 4.90. The molecule has 1 heterocycles. The maximum absolute atomic E-state index is 5.57. The molecule has 1 aromatic rings. The largest absolute Gasteiger partial charge is 0.493 e. The fraction of sp³-hybridized carbons (Fsp3) is 0.231. The van der Waals surface area contributed by atoms with Crippen LogP contribution in [-0.4, -0.2) is 13.2 Å². The van der Waals surface area contributed by atoms with Gasteiger partial charge in [-0.1, -0.05) is 18.1 Å². The van der Waals surface area contributed by atoms with E-state index in [0.29, 0.717) is 6.61 Å². The van der Waals surface area contributed by atoms with Crippen molar-refractivity contribution < 1.29 is 9.47 Å². The summed E-state index contributed by atoms with van der Waals surface area (Å²) >= 11 is 0. The zero-order valence-corrected chi connectivity index (χ0v) is 8.40. The van der Waals surface area contributed by atoms with Crippen LogP contribution in [0.1, 0.15) is 12.0 Å². The maximum atomic E-state index is 5.57. The minimum absolute atomic E-state index is 0.286. The molecule has 76 valence electrons. The summed E-state index contributed by atoms with van der Waals surface area (Å²) in [6.45, 7) is 0.997. The predicted octanol–water partition coefficient (Wildman–Crippen LogP) is 2.49. The average Bonchev–Trinajstić information content (AvgIpc) is 2.50. The fourth-order valence-electron chi connectivity index (χ4n) is 1.44. The summed E-state index contributed by atoms with van der Waals surface area (Å²) in [5.41, 5.74) is 1.08. The number of fused-ring (bicyclic) bond motifs is 1. The van der Waals surface area contributed by atoms with Crippen molar-refractivity contribution in [3.05, 3.63) is 29.8 Å². The van der Waals surface area contributed by atoms with Crippen LogP contribution in [0, 0.1) is 12.3 Å². The Balaban J connectivity index is 2.22. The van der Waals surface area contributed by atoms with Gasteiger partial charge in [0.2, 0.25) is 0 Å². The fourth-order valence-corrected chi connectivity index (χ4v) is 1.44. The number of benzene rings is 1. The van der Waals surface area contributed by atoms with E-state index in [-0.39, 0.29) is 6.61 Å². The normalized spacial score (nSPS) is 13.3. The first kappa shape index (κ1) is 9.67. The van der Waals surface area contributed by atoms with Gasteiger partial charge in [0, 0.05) is 11.6 Å². The van der Waals surface area contributed by atoms with Gasteiger partial charge in [-0.3, -0.25) is 0 Å². The van der Waals surface area contributed by atoms with E-state index in [0.717, 1.165) is 23.5 Å². The Morgan fingerprint density at radius 2 is 2.40 bits per heavy atom. The SMILES string of the molecule is C#CCOc1ccc2c(c1)OCCC=C2. The molecular weight excluding hydrogens is 188 g/mol. The molecule has 0 saturated heterocycles. The lowest BCUT2D eigenvalue weighted by molar-refractivity contribution is 0.321. The van der Waals surface area contributed by atoms with Crippen LogP contribution in [-0.2, 0) is 0 Å². The Hall–Kier alpha value is -1.88. The first-order valence-corrected chi connectivity index (χ1v) is 4.90. The van der Waals surface area contributed by atoms with Gasteiger partial charge < -0.3 is 9.47 Å². The van der Waals surface area contributed by atoms with Crippen LogP contribution in [0.15, 0.2) is 24.3 Å². The van der Waals surface area contributed by atoms with E-state index < -0.39 is 0 Å². The molecule has 0 saturated carbocycles. The number of hydrogen-bond donors (Lipinski definition) is 0. The minimum atomic E-state index is 0.286. The topological polar surface area (TPSA) is 18.5 Å². The van der Waals surface area contributed by atoms with Gasteiger partial charge in [0.15, 0.2) is 0 Å². The number of ether oxygens (including phenoxy) is 2. The quantitative estimate of drug-likeness (QED) is 0.683. The van der Waals surface area contributed by atoms with Crippen LogP contribution in [0.25, 0.3) is 6.08 Å². The Labute approximate surface area is 89.5 Å². The number of rotatable bonds is 2.